The fourth-order valence-corrected chi connectivity index (χ4v) is 3.90. The highest BCUT2D eigenvalue weighted by atomic mass is 35.5. The van der Waals surface area contributed by atoms with Crippen molar-refractivity contribution in [1.29, 1.82) is 0 Å². The summed E-state index contributed by atoms with van der Waals surface area (Å²) in [4.78, 5) is 29.7. The Labute approximate surface area is 161 Å². The number of hydrogen-bond donors (Lipinski definition) is 1. The molecular formula is C19H19ClN2O3S. The minimum atomic E-state index is -0.658. The molecule has 1 saturated heterocycles. The maximum atomic E-state index is 12.7. The zero-order valence-corrected chi connectivity index (χ0v) is 16.0. The molecule has 2 aromatic rings. The summed E-state index contributed by atoms with van der Waals surface area (Å²) in [5, 5.41) is 13.2. The molecule has 26 heavy (non-hydrogen) atoms. The van der Waals surface area contributed by atoms with E-state index in [1.165, 1.54) is 16.2 Å². The smallest absolute Gasteiger partial charge is 0.295 e. The number of nitrogens with zero attached hydrogens (tertiary/aromatic N) is 2. The van der Waals surface area contributed by atoms with Crippen LogP contribution in [0.15, 0.2) is 47.4 Å². The number of likely N-dealkylation sites (N-methyl/N-ethyl adjacent to an activating group) is 1. The average molecular weight is 391 g/mol. The first-order valence-corrected chi connectivity index (χ1v) is 9.38. The monoisotopic (exact) mass is 390 g/mol. The average Bonchev–Trinajstić information content (AvgIpc) is 3.21. The highest BCUT2D eigenvalue weighted by Crippen LogP contribution is 2.40. The van der Waals surface area contributed by atoms with Crippen LogP contribution in [-0.4, -0.2) is 53.8 Å². The minimum absolute atomic E-state index is 0.124. The maximum Gasteiger partial charge on any atom is 0.295 e. The van der Waals surface area contributed by atoms with E-state index in [0.717, 1.165) is 4.88 Å². The molecular weight excluding hydrogens is 372 g/mol. The predicted octanol–water partition coefficient (Wildman–Crippen LogP) is 3.38. The number of rotatable bonds is 5. The SMILES string of the molecule is CN(C)CCN1C(=O)C(=O)C(=C(O)c2ccc(Cl)cc2)[C@H]1c1cccs1. The van der Waals surface area contributed by atoms with Gasteiger partial charge in [0.2, 0.25) is 0 Å². The Hall–Kier alpha value is -2.15. The van der Waals surface area contributed by atoms with Gasteiger partial charge in [-0.1, -0.05) is 17.7 Å². The van der Waals surface area contributed by atoms with Gasteiger partial charge in [0.05, 0.1) is 11.6 Å². The van der Waals surface area contributed by atoms with Gasteiger partial charge in [0, 0.05) is 28.6 Å². The number of aliphatic hydroxyl groups is 1. The first-order chi connectivity index (χ1) is 12.4. The lowest BCUT2D eigenvalue weighted by Gasteiger charge is -2.25. The van der Waals surface area contributed by atoms with E-state index in [4.69, 9.17) is 11.6 Å². The standard InChI is InChI=1S/C19H19ClN2O3S/c1-21(2)9-10-22-16(14-4-3-11-26-14)15(18(24)19(22)25)17(23)12-5-7-13(20)8-6-12/h3-8,11,16,23H,9-10H2,1-2H3/t16-/m1/s1. The lowest BCUT2D eigenvalue weighted by atomic mass is 10.00. The molecule has 0 saturated carbocycles. The largest absolute Gasteiger partial charge is 0.507 e. The van der Waals surface area contributed by atoms with Crippen molar-refractivity contribution in [2.24, 2.45) is 0 Å². The summed E-state index contributed by atoms with van der Waals surface area (Å²) in [6, 6.07) is 9.71. The van der Waals surface area contributed by atoms with Crippen LogP contribution in [0.2, 0.25) is 5.02 Å². The second-order valence-electron chi connectivity index (χ2n) is 6.32. The van der Waals surface area contributed by atoms with Gasteiger partial charge < -0.3 is 14.9 Å². The van der Waals surface area contributed by atoms with E-state index in [1.807, 2.05) is 36.5 Å². The third-order valence-corrected chi connectivity index (χ3v) is 5.44. The van der Waals surface area contributed by atoms with E-state index < -0.39 is 17.7 Å². The van der Waals surface area contributed by atoms with Gasteiger partial charge in [-0.15, -0.1) is 11.3 Å². The van der Waals surface area contributed by atoms with Crippen molar-refractivity contribution in [3.63, 3.8) is 0 Å². The summed E-state index contributed by atoms with van der Waals surface area (Å²) < 4.78 is 0. The Morgan fingerprint density at radius 3 is 2.50 bits per heavy atom. The second-order valence-corrected chi connectivity index (χ2v) is 7.73. The first-order valence-electron chi connectivity index (χ1n) is 8.12. The van der Waals surface area contributed by atoms with E-state index in [9.17, 15) is 14.7 Å². The Kier molecular flexibility index (Phi) is 5.46. The van der Waals surface area contributed by atoms with Crippen LogP contribution in [0, 0.1) is 0 Å². The normalized spacial score (nSPS) is 19.5. The van der Waals surface area contributed by atoms with Crippen molar-refractivity contribution in [3.05, 3.63) is 62.8 Å². The van der Waals surface area contributed by atoms with E-state index >= 15 is 0 Å². The zero-order chi connectivity index (χ0) is 18.8. The van der Waals surface area contributed by atoms with Gasteiger partial charge in [0.1, 0.15) is 5.76 Å². The van der Waals surface area contributed by atoms with Crippen molar-refractivity contribution < 1.29 is 14.7 Å². The molecule has 1 aromatic heterocycles. The summed E-state index contributed by atoms with van der Waals surface area (Å²) in [7, 11) is 3.81. The van der Waals surface area contributed by atoms with Crippen LogP contribution in [0.5, 0.6) is 0 Å². The zero-order valence-electron chi connectivity index (χ0n) is 14.5. The van der Waals surface area contributed by atoms with Crippen molar-refractivity contribution in [2.45, 2.75) is 6.04 Å². The third-order valence-electron chi connectivity index (χ3n) is 4.26. The summed E-state index contributed by atoms with van der Waals surface area (Å²) >= 11 is 7.36. The molecule has 1 atom stereocenters. The van der Waals surface area contributed by atoms with Gasteiger partial charge in [-0.2, -0.15) is 0 Å². The minimum Gasteiger partial charge on any atom is -0.507 e. The number of Topliss-reactive ketones (excluding diaryl/α,β-unsaturated/α-hetero) is 1. The van der Waals surface area contributed by atoms with Crippen molar-refractivity contribution >= 4 is 40.4 Å². The molecule has 1 fully saturated rings. The number of thiophene rings is 1. The summed E-state index contributed by atoms with van der Waals surface area (Å²) in [5.74, 6) is -1.42. The fourth-order valence-electron chi connectivity index (χ4n) is 2.92. The van der Waals surface area contributed by atoms with Crippen LogP contribution in [0.1, 0.15) is 16.5 Å². The number of aliphatic hydroxyl groups excluding tert-OH is 1. The van der Waals surface area contributed by atoms with Crippen LogP contribution in [-0.2, 0) is 9.59 Å². The molecule has 0 spiro atoms. The molecule has 0 radical (unpaired) electrons. The second kappa shape index (κ2) is 7.61. The van der Waals surface area contributed by atoms with Crippen LogP contribution < -0.4 is 0 Å². The molecule has 1 amide bonds. The summed E-state index contributed by atoms with van der Waals surface area (Å²) in [5.41, 5.74) is 0.583. The van der Waals surface area contributed by atoms with E-state index in [1.54, 1.807) is 24.3 Å². The summed E-state index contributed by atoms with van der Waals surface area (Å²) in [6.07, 6.45) is 0. The highest BCUT2D eigenvalue weighted by Gasteiger charge is 2.46. The number of benzene rings is 1. The van der Waals surface area contributed by atoms with Gasteiger partial charge in [-0.05, 0) is 49.8 Å². The van der Waals surface area contributed by atoms with Crippen LogP contribution in [0.4, 0.5) is 0 Å². The molecule has 2 heterocycles. The van der Waals surface area contributed by atoms with Gasteiger partial charge in [0.15, 0.2) is 0 Å². The summed E-state index contributed by atoms with van der Waals surface area (Å²) in [6.45, 7) is 1.02. The van der Waals surface area contributed by atoms with E-state index in [0.29, 0.717) is 23.7 Å². The molecule has 0 bridgehead atoms. The number of hydrogen-bond acceptors (Lipinski definition) is 5. The van der Waals surface area contributed by atoms with Gasteiger partial charge in [0.25, 0.3) is 11.7 Å². The number of carbonyl (C=O) groups is 2. The van der Waals surface area contributed by atoms with Crippen LogP contribution in [0.3, 0.4) is 0 Å². The number of carbonyl (C=O) groups excluding carboxylic acids is 2. The molecule has 1 aliphatic heterocycles. The molecule has 0 aliphatic carbocycles. The van der Waals surface area contributed by atoms with Gasteiger partial charge in [-0.25, -0.2) is 0 Å². The van der Waals surface area contributed by atoms with Gasteiger partial charge >= 0.3 is 0 Å². The quantitative estimate of drug-likeness (QED) is 0.483. The van der Waals surface area contributed by atoms with Crippen molar-refractivity contribution in [1.82, 2.24) is 9.80 Å². The molecule has 1 N–H and O–H groups in total. The third kappa shape index (κ3) is 3.53. The van der Waals surface area contributed by atoms with Crippen molar-refractivity contribution in [2.75, 3.05) is 27.2 Å². The van der Waals surface area contributed by atoms with Crippen LogP contribution >= 0.6 is 22.9 Å². The lowest BCUT2D eigenvalue weighted by molar-refractivity contribution is -0.140. The molecule has 0 unspecified atom stereocenters. The van der Waals surface area contributed by atoms with Gasteiger partial charge in [-0.3, -0.25) is 9.59 Å². The van der Waals surface area contributed by atoms with E-state index in [2.05, 4.69) is 0 Å². The first kappa shape index (κ1) is 18.6. The molecule has 7 heteroatoms. The molecule has 3 rings (SSSR count). The Morgan fingerprint density at radius 1 is 1.23 bits per heavy atom. The Balaban J connectivity index is 2.09. The number of halogens is 1. The molecule has 1 aliphatic rings. The van der Waals surface area contributed by atoms with Crippen molar-refractivity contribution in [3.8, 4) is 0 Å². The Morgan fingerprint density at radius 2 is 1.92 bits per heavy atom. The Bertz CT molecular complexity index is 844. The lowest BCUT2D eigenvalue weighted by Crippen LogP contribution is -2.35. The topological polar surface area (TPSA) is 60.9 Å². The fraction of sp³-hybridized carbons (Fsp3) is 0.263. The molecule has 136 valence electrons. The number of likely N-dealkylation sites (tertiary alicyclic amines) is 1. The van der Waals surface area contributed by atoms with E-state index in [-0.39, 0.29) is 11.3 Å². The number of ketones is 1. The number of amides is 1. The van der Waals surface area contributed by atoms with Crippen LogP contribution in [0.25, 0.3) is 5.76 Å². The molecule has 1 aromatic carbocycles. The predicted molar refractivity (Wildman–Crippen MR) is 103 cm³/mol. The maximum absolute atomic E-state index is 12.7. The highest BCUT2D eigenvalue weighted by molar-refractivity contribution is 7.10. The molecule has 5 nitrogen and oxygen atoms in total.